The largest absolute Gasteiger partial charge is 0.409 e. The van der Waals surface area contributed by atoms with Crippen molar-refractivity contribution in [3.05, 3.63) is 54.3 Å². The van der Waals surface area contributed by atoms with E-state index in [9.17, 15) is 0 Å². The van der Waals surface area contributed by atoms with Gasteiger partial charge in [-0.3, -0.25) is 4.49 Å². The molecule has 0 aliphatic carbocycles. The summed E-state index contributed by atoms with van der Waals surface area (Å²) in [5.74, 6) is 1.01. The minimum atomic E-state index is 0.283. The zero-order valence-electron chi connectivity index (χ0n) is 11.2. The Morgan fingerprint density at radius 2 is 1.83 bits per heavy atom. The highest BCUT2D eigenvalue weighted by molar-refractivity contribution is 6.65. The molecule has 0 fully saturated rings. The summed E-state index contributed by atoms with van der Waals surface area (Å²) < 4.78 is 2.20. The molecule has 1 aromatic carbocycles. The molecule has 0 radical (unpaired) electrons. The zero-order chi connectivity index (χ0) is 13.0. The second-order valence-corrected chi connectivity index (χ2v) is 4.49. The van der Waals surface area contributed by atoms with E-state index in [1.807, 2.05) is 31.4 Å². The molecular weight excluding hydrogens is 219 g/mol. The lowest BCUT2D eigenvalue weighted by atomic mass is 9.56. The monoisotopic (exact) mass is 237 g/mol. The lowest BCUT2D eigenvalue weighted by molar-refractivity contribution is -0.303. The van der Waals surface area contributed by atoms with Crippen LogP contribution in [-0.4, -0.2) is 23.4 Å². The number of aryl methyl sites for hydroxylation is 1. The molecule has 0 aromatic heterocycles. The SMILES string of the molecule is CB(c1ccccc1C)[N+]1=C(C)/N=C\C=C/C=C\1. The molecule has 2 nitrogen and oxygen atoms in total. The fraction of sp³-hybridized carbons (Fsp3) is 0.200. The van der Waals surface area contributed by atoms with Crippen molar-refractivity contribution in [2.24, 2.45) is 4.99 Å². The third-order valence-electron chi connectivity index (χ3n) is 3.25. The van der Waals surface area contributed by atoms with Gasteiger partial charge in [0.15, 0.2) is 0 Å². The van der Waals surface area contributed by atoms with Gasteiger partial charge >= 0.3 is 6.85 Å². The van der Waals surface area contributed by atoms with Crippen LogP contribution in [0.1, 0.15) is 12.5 Å². The van der Waals surface area contributed by atoms with Crippen molar-refractivity contribution in [3.8, 4) is 0 Å². The Kier molecular flexibility index (Phi) is 3.93. The Bertz CT molecular complexity index is 553. The minimum absolute atomic E-state index is 0.283. The summed E-state index contributed by atoms with van der Waals surface area (Å²) >= 11 is 0. The van der Waals surface area contributed by atoms with E-state index in [2.05, 4.69) is 53.7 Å². The van der Waals surface area contributed by atoms with Crippen LogP contribution in [0.15, 0.2) is 53.7 Å². The van der Waals surface area contributed by atoms with Gasteiger partial charge in [-0.15, -0.1) is 0 Å². The van der Waals surface area contributed by atoms with E-state index >= 15 is 0 Å². The van der Waals surface area contributed by atoms with Crippen molar-refractivity contribution in [2.75, 3.05) is 0 Å². The minimum Gasteiger partial charge on any atom is -0.294 e. The van der Waals surface area contributed by atoms with Crippen LogP contribution >= 0.6 is 0 Å². The predicted octanol–water partition coefficient (Wildman–Crippen LogP) is 2.41. The number of rotatable bonds is 2. The Morgan fingerprint density at radius 1 is 1.06 bits per heavy atom. The molecule has 0 unspecified atom stereocenters. The van der Waals surface area contributed by atoms with Crippen molar-refractivity contribution >= 4 is 24.4 Å². The molecule has 3 heteroatoms. The van der Waals surface area contributed by atoms with Crippen LogP contribution in [0.25, 0.3) is 0 Å². The molecule has 90 valence electrons. The highest BCUT2D eigenvalue weighted by Gasteiger charge is 2.23. The van der Waals surface area contributed by atoms with Crippen molar-refractivity contribution in [1.82, 2.24) is 0 Å². The van der Waals surface area contributed by atoms with Gasteiger partial charge in [0, 0.05) is 6.92 Å². The third kappa shape index (κ3) is 2.67. The number of aliphatic imine (C=N–C) groups is 1. The summed E-state index contributed by atoms with van der Waals surface area (Å²) in [5.41, 5.74) is 2.65. The highest BCUT2D eigenvalue weighted by atomic mass is 15.0. The second-order valence-electron chi connectivity index (χ2n) is 4.49. The molecular formula is C15H18BN2+. The van der Waals surface area contributed by atoms with Gasteiger partial charge in [-0.1, -0.05) is 40.9 Å². The fourth-order valence-electron chi connectivity index (χ4n) is 2.20. The van der Waals surface area contributed by atoms with Gasteiger partial charge in [-0.2, -0.15) is 0 Å². The first kappa shape index (κ1) is 12.6. The third-order valence-corrected chi connectivity index (χ3v) is 3.25. The number of allylic oxidation sites excluding steroid dienone is 3. The lowest BCUT2D eigenvalue weighted by Crippen LogP contribution is -2.40. The van der Waals surface area contributed by atoms with E-state index in [1.165, 1.54) is 11.0 Å². The first-order valence-electron chi connectivity index (χ1n) is 6.25. The maximum Gasteiger partial charge on any atom is 0.409 e. The molecule has 18 heavy (non-hydrogen) atoms. The molecule has 1 heterocycles. The van der Waals surface area contributed by atoms with Crippen molar-refractivity contribution in [3.63, 3.8) is 0 Å². The molecule has 0 amide bonds. The number of hydrogen-bond acceptors (Lipinski definition) is 1. The van der Waals surface area contributed by atoms with Crippen LogP contribution in [-0.2, 0) is 0 Å². The molecule has 2 rings (SSSR count). The van der Waals surface area contributed by atoms with Crippen LogP contribution in [0.5, 0.6) is 0 Å². The summed E-state index contributed by atoms with van der Waals surface area (Å²) in [4.78, 5) is 4.42. The molecule has 0 atom stereocenters. The Balaban J connectivity index is 2.42. The molecule has 0 N–H and O–H groups in total. The van der Waals surface area contributed by atoms with E-state index < -0.39 is 0 Å². The Morgan fingerprint density at radius 3 is 2.61 bits per heavy atom. The first-order valence-corrected chi connectivity index (χ1v) is 6.25. The van der Waals surface area contributed by atoms with Crippen molar-refractivity contribution in [1.29, 1.82) is 0 Å². The summed E-state index contributed by atoms with van der Waals surface area (Å²) in [6.07, 6.45) is 9.89. The Labute approximate surface area is 109 Å². The Hall–Kier alpha value is -1.90. The van der Waals surface area contributed by atoms with Crippen molar-refractivity contribution < 1.29 is 4.49 Å². The van der Waals surface area contributed by atoms with Crippen LogP contribution in [0.2, 0.25) is 6.82 Å². The standard InChI is InChI=1S/C15H18BN2/c1-13-9-5-6-10-15(13)16(3)18-12-8-4-7-11-17-14(18)2/h4-12H,1-3H3/q+1/b7-4-,8-4?,11-7?,12-8-. The number of amidine groups is 1. The van der Waals surface area contributed by atoms with Gasteiger partial charge in [0.2, 0.25) is 0 Å². The average Bonchev–Trinajstić information content (AvgIpc) is 2.34. The second kappa shape index (κ2) is 5.63. The number of hydrogen-bond donors (Lipinski definition) is 0. The molecule has 1 aromatic rings. The van der Waals surface area contributed by atoms with Gasteiger partial charge in [0.05, 0.1) is 6.20 Å². The van der Waals surface area contributed by atoms with Crippen LogP contribution in [0.4, 0.5) is 0 Å². The molecule has 0 spiro atoms. The average molecular weight is 237 g/mol. The molecule has 0 saturated carbocycles. The first-order chi connectivity index (χ1) is 8.70. The maximum atomic E-state index is 4.42. The fourth-order valence-corrected chi connectivity index (χ4v) is 2.20. The van der Waals surface area contributed by atoms with E-state index in [-0.39, 0.29) is 6.85 Å². The molecule has 0 bridgehead atoms. The van der Waals surface area contributed by atoms with Crippen LogP contribution in [0, 0.1) is 6.92 Å². The predicted molar refractivity (Wildman–Crippen MR) is 80.1 cm³/mol. The smallest absolute Gasteiger partial charge is 0.294 e. The van der Waals surface area contributed by atoms with Gasteiger partial charge in [0.25, 0.3) is 5.84 Å². The van der Waals surface area contributed by atoms with Crippen LogP contribution in [0.3, 0.4) is 0 Å². The molecule has 0 saturated heterocycles. The van der Waals surface area contributed by atoms with Crippen LogP contribution < -0.4 is 5.46 Å². The van der Waals surface area contributed by atoms with E-state index in [0.29, 0.717) is 0 Å². The number of benzene rings is 1. The summed E-state index contributed by atoms with van der Waals surface area (Å²) in [5, 5.41) is 0. The number of nitrogens with zero attached hydrogens (tertiary/aromatic N) is 2. The van der Waals surface area contributed by atoms with Crippen molar-refractivity contribution in [2.45, 2.75) is 20.7 Å². The zero-order valence-corrected chi connectivity index (χ0v) is 11.2. The normalized spacial score (nSPS) is 23.9. The highest BCUT2D eigenvalue weighted by Crippen LogP contribution is 2.01. The van der Waals surface area contributed by atoms with Gasteiger partial charge < -0.3 is 0 Å². The summed E-state index contributed by atoms with van der Waals surface area (Å²) in [6, 6.07) is 8.49. The van der Waals surface area contributed by atoms with E-state index in [4.69, 9.17) is 0 Å². The van der Waals surface area contributed by atoms with Gasteiger partial charge in [-0.05, 0) is 31.4 Å². The summed E-state index contributed by atoms with van der Waals surface area (Å²) in [7, 11) is 0. The quantitative estimate of drug-likeness (QED) is 0.702. The van der Waals surface area contributed by atoms with E-state index in [1.54, 1.807) is 0 Å². The maximum absolute atomic E-state index is 4.42. The topological polar surface area (TPSA) is 15.4 Å². The summed E-state index contributed by atoms with van der Waals surface area (Å²) in [6.45, 7) is 6.68. The molecule has 1 aliphatic rings. The van der Waals surface area contributed by atoms with Gasteiger partial charge in [0.1, 0.15) is 6.21 Å². The molecule has 1 aliphatic heterocycles. The lowest BCUT2D eigenvalue weighted by Gasteiger charge is -2.11. The van der Waals surface area contributed by atoms with Gasteiger partial charge in [-0.25, -0.2) is 0 Å². The van der Waals surface area contributed by atoms with E-state index in [0.717, 1.165) is 5.84 Å².